The van der Waals surface area contributed by atoms with Gasteiger partial charge in [0.15, 0.2) is 0 Å². The molecule has 0 unspecified atom stereocenters. The molecule has 2 atom stereocenters. The predicted octanol–water partition coefficient (Wildman–Crippen LogP) is 3.23. The summed E-state index contributed by atoms with van der Waals surface area (Å²) in [5.41, 5.74) is 0.723. The first-order valence-electron chi connectivity index (χ1n) is 5.65. The average Bonchev–Trinajstić information content (AvgIpc) is 2.35. The van der Waals surface area contributed by atoms with Gasteiger partial charge in [-0.3, -0.25) is 10.1 Å². The van der Waals surface area contributed by atoms with Crippen LogP contribution in [0.1, 0.15) is 31.4 Å². The third-order valence-electron chi connectivity index (χ3n) is 2.78. The van der Waals surface area contributed by atoms with Crippen molar-refractivity contribution in [1.82, 2.24) is 0 Å². The van der Waals surface area contributed by atoms with E-state index in [1.807, 2.05) is 6.92 Å². The van der Waals surface area contributed by atoms with Crippen LogP contribution in [-0.2, 0) is 0 Å². The molecule has 92 valence electrons. The number of hydrogen-bond donors (Lipinski definition) is 1. The zero-order chi connectivity index (χ0) is 12.8. The van der Waals surface area contributed by atoms with Gasteiger partial charge >= 0.3 is 0 Å². The van der Waals surface area contributed by atoms with E-state index in [0.29, 0.717) is 5.56 Å². The summed E-state index contributed by atoms with van der Waals surface area (Å²) in [5.74, 6) is -0.0125. The second-order valence-electron chi connectivity index (χ2n) is 3.98. The fraction of sp³-hybridized carbons (Fsp3) is 0.385. The van der Waals surface area contributed by atoms with E-state index < -0.39 is 11.0 Å². The summed E-state index contributed by atoms with van der Waals surface area (Å²) in [6, 6.07) is 6.00. The van der Waals surface area contributed by atoms with Crippen LogP contribution in [0.3, 0.4) is 0 Å². The molecule has 0 aliphatic rings. The molecular weight excluding hydrogens is 218 g/mol. The summed E-state index contributed by atoms with van der Waals surface area (Å²) in [6.07, 6.45) is 2.89. The van der Waals surface area contributed by atoms with Crippen LogP contribution in [0, 0.1) is 16.0 Å². The van der Waals surface area contributed by atoms with Crippen molar-refractivity contribution in [3.63, 3.8) is 0 Å². The molecule has 0 aliphatic carbocycles. The van der Waals surface area contributed by atoms with Crippen molar-refractivity contribution in [2.75, 3.05) is 0 Å². The first kappa shape index (κ1) is 13.4. The van der Waals surface area contributed by atoms with Crippen molar-refractivity contribution in [2.24, 2.45) is 5.92 Å². The third-order valence-corrected chi connectivity index (χ3v) is 2.78. The summed E-state index contributed by atoms with van der Waals surface area (Å²) in [6.45, 7) is 5.74. The highest BCUT2D eigenvalue weighted by atomic mass is 16.6. The Kier molecular flexibility index (Phi) is 4.84. The van der Waals surface area contributed by atoms with Gasteiger partial charge < -0.3 is 5.11 Å². The smallest absolute Gasteiger partial charge is 0.269 e. The van der Waals surface area contributed by atoms with Crippen molar-refractivity contribution < 1.29 is 10.0 Å². The molecule has 0 bridgehead atoms. The van der Waals surface area contributed by atoms with E-state index in [-0.39, 0.29) is 11.6 Å². The number of nitrogens with zero attached hydrogens (tertiary/aromatic N) is 1. The minimum absolute atomic E-state index is 0.0125. The van der Waals surface area contributed by atoms with Crippen molar-refractivity contribution >= 4 is 5.69 Å². The van der Waals surface area contributed by atoms with Crippen LogP contribution in [0.2, 0.25) is 0 Å². The van der Waals surface area contributed by atoms with Crippen LogP contribution in [0.4, 0.5) is 5.69 Å². The first-order valence-corrected chi connectivity index (χ1v) is 5.65. The highest BCUT2D eigenvalue weighted by molar-refractivity contribution is 5.34. The van der Waals surface area contributed by atoms with E-state index in [0.717, 1.165) is 12.8 Å². The summed E-state index contributed by atoms with van der Waals surface area (Å²) in [5, 5.41) is 20.6. The Balaban J connectivity index is 2.84. The van der Waals surface area contributed by atoms with Gasteiger partial charge in [0.25, 0.3) is 5.69 Å². The highest BCUT2D eigenvalue weighted by Crippen LogP contribution is 2.27. The van der Waals surface area contributed by atoms with Crippen LogP contribution >= 0.6 is 0 Å². The third kappa shape index (κ3) is 3.39. The van der Waals surface area contributed by atoms with Crippen molar-refractivity contribution in [3.05, 3.63) is 52.6 Å². The fourth-order valence-electron chi connectivity index (χ4n) is 1.78. The lowest BCUT2D eigenvalue weighted by Crippen LogP contribution is -2.10. The second kappa shape index (κ2) is 6.15. The van der Waals surface area contributed by atoms with Crippen LogP contribution in [-0.4, -0.2) is 10.0 Å². The van der Waals surface area contributed by atoms with Crippen molar-refractivity contribution in [1.29, 1.82) is 0 Å². The minimum atomic E-state index is -0.645. The molecule has 0 heterocycles. The van der Waals surface area contributed by atoms with E-state index in [4.69, 9.17) is 0 Å². The Morgan fingerprint density at radius 2 is 2.06 bits per heavy atom. The van der Waals surface area contributed by atoms with Gasteiger partial charge in [-0.05, 0) is 24.1 Å². The number of rotatable bonds is 6. The Hall–Kier alpha value is -1.68. The molecule has 1 aromatic carbocycles. The Morgan fingerprint density at radius 1 is 1.47 bits per heavy atom. The number of aliphatic hydroxyl groups excluding tert-OH is 1. The van der Waals surface area contributed by atoms with Gasteiger partial charge in [0.1, 0.15) is 0 Å². The van der Waals surface area contributed by atoms with Crippen LogP contribution in [0.15, 0.2) is 36.9 Å². The lowest BCUT2D eigenvalue weighted by atomic mass is 9.92. The molecule has 0 amide bonds. The Bertz CT molecular complexity index is 386. The minimum Gasteiger partial charge on any atom is -0.388 e. The zero-order valence-corrected chi connectivity index (χ0v) is 9.87. The first-order chi connectivity index (χ1) is 8.10. The number of hydrogen-bond acceptors (Lipinski definition) is 3. The predicted molar refractivity (Wildman–Crippen MR) is 66.7 cm³/mol. The van der Waals surface area contributed by atoms with E-state index in [9.17, 15) is 15.2 Å². The summed E-state index contributed by atoms with van der Waals surface area (Å²) < 4.78 is 0. The SMILES string of the molecule is C=C[C@H](CCC)[C@H](O)c1ccc([N+](=O)[O-])cc1. The standard InChI is InChI=1S/C13H17NO3/c1-3-5-10(4-2)13(15)11-6-8-12(9-7-11)14(16)17/h4,6-10,13,15H,2-3,5H2,1H3/t10-,13+/m1/s1. The van der Waals surface area contributed by atoms with E-state index >= 15 is 0 Å². The van der Waals surface area contributed by atoms with Crippen molar-refractivity contribution in [2.45, 2.75) is 25.9 Å². The van der Waals surface area contributed by atoms with E-state index in [1.165, 1.54) is 12.1 Å². The maximum Gasteiger partial charge on any atom is 0.269 e. The number of nitro benzene ring substituents is 1. The number of non-ortho nitro benzene ring substituents is 1. The molecule has 1 N–H and O–H groups in total. The van der Waals surface area contributed by atoms with Crippen molar-refractivity contribution in [3.8, 4) is 0 Å². The molecule has 17 heavy (non-hydrogen) atoms. The number of nitro groups is 1. The number of benzene rings is 1. The van der Waals surface area contributed by atoms with Crippen LogP contribution in [0.5, 0.6) is 0 Å². The summed E-state index contributed by atoms with van der Waals surface area (Å²) >= 11 is 0. The lowest BCUT2D eigenvalue weighted by Gasteiger charge is -2.19. The van der Waals surface area contributed by atoms with E-state index in [1.54, 1.807) is 18.2 Å². The second-order valence-corrected chi connectivity index (χ2v) is 3.98. The lowest BCUT2D eigenvalue weighted by molar-refractivity contribution is -0.384. The molecule has 0 radical (unpaired) electrons. The normalized spacial score (nSPS) is 14.0. The Labute approximate surface area is 101 Å². The van der Waals surface area contributed by atoms with Gasteiger partial charge in [-0.2, -0.15) is 0 Å². The highest BCUT2D eigenvalue weighted by Gasteiger charge is 2.17. The summed E-state index contributed by atoms with van der Waals surface area (Å²) in [7, 11) is 0. The average molecular weight is 235 g/mol. The van der Waals surface area contributed by atoms with Crippen LogP contribution < -0.4 is 0 Å². The molecule has 1 rings (SSSR count). The monoisotopic (exact) mass is 235 g/mol. The molecule has 0 aliphatic heterocycles. The maximum absolute atomic E-state index is 10.5. The quantitative estimate of drug-likeness (QED) is 0.467. The molecule has 0 aromatic heterocycles. The molecule has 0 saturated carbocycles. The van der Waals surface area contributed by atoms with E-state index in [2.05, 4.69) is 6.58 Å². The van der Waals surface area contributed by atoms with Gasteiger partial charge in [0.2, 0.25) is 0 Å². The zero-order valence-electron chi connectivity index (χ0n) is 9.87. The van der Waals surface area contributed by atoms with Gasteiger partial charge in [-0.1, -0.05) is 19.4 Å². The molecule has 4 heteroatoms. The fourth-order valence-corrected chi connectivity index (χ4v) is 1.78. The molecule has 4 nitrogen and oxygen atoms in total. The largest absolute Gasteiger partial charge is 0.388 e. The maximum atomic E-state index is 10.5. The molecule has 0 fully saturated rings. The van der Waals surface area contributed by atoms with Gasteiger partial charge in [-0.15, -0.1) is 6.58 Å². The van der Waals surface area contributed by atoms with Gasteiger partial charge in [-0.25, -0.2) is 0 Å². The van der Waals surface area contributed by atoms with Crippen LogP contribution in [0.25, 0.3) is 0 Å². The number of aliphatic hydroxyl groups is 1. The van der Waals surface area contributed by atoms with Gasteiger partial charge in [0.05, 0.1) is 11.0 Å². The molecule has 0 saturated heterocycles. The van der Waals surface area contributed by atoms with Gasteiger partial charge in [0, 0.05) is 18.1 Å². The topological polar surface area (TPSA) is 63.4 Å². The molecule has 0 spiro atoms. The summed E-state index contributed by atoms with van der Waals surface area (Å²) in [4.78, 5) is 10.1. The molecular formula is C13H17NO3. The Morgan fingerprint density at radius 3 is 2.47 bits per heavy atom. The molecule has 1 aromatic rings.